The average molecular weight is 1500 g/mol. The number of azide groups is 1. The van der Waals surface area contributed by atoms with E-state index in [0.717, 1.165) is 20.7 Å². The second-order valence-electron chi connectivity index (χ2n) is 26.9. The first-order valence-corrected chi connectivity index (χ1v) is 38.6. The van der Waals surface area contributed by atoms with Crippen LogP contribution in [0.2, 0.25) is 10.1 Å². The van der Waals surface area contributed by atoms with Crippen LogP contribution in [0.5, 0.6) is 0 Å². The standard InChI is InChI=1S/C37H43F3N6O4SSi.C36H40F3N9O4Si/c1-36(2,3)52(27-15-9-7-10-16-27,28-17-11-8-12-18-28)49-22-30-29(48-25-51-6)20-31(50-30)46-21-26(14-13-19-41-35(47)37(38,39)40)32-33(44-24-45(4)5)42-23-43-34(32)46;1-35(2,3)53(26-14-8-6-9-15-26,27-16-10-7-11-17-27)51-21-29-28(50-24-45-46-40)19-30(52-29)48-20-25(13-12-18-41-34(49)36(37,38)39)31-32(44-23-47(4)5)42-22-43-33(31)48/h7-12,15-18,21,23-24,29-31H,19-20,22,25H2,1-6H3,(H,41,47);6-11,14-17,20,22-23,28-30H,18-19,21,24H2,1-5H3,(H,41,49). The first-order chi connectivity index (χ1) is 50.0. The van der Waals surface area contributed by atoms with Crippen LogP contribution >= 0.6 is 11.8 Å². The number of carbonyl (C=O) groups excluding carboxylic acids is 2. The topological polar surface area (TPSA) is 255 Å². The summed E-state index contributed by atoms with van der Waals surface area (Å²) in [5.41, 5.74) is 10.6. The molecule has 0 aliphatic carbocycles. The van der Waals surface area contributed by atoms with Crippen molar-refractivity contribution >= 4 is 107 Å². The van der Waals surface area contributed by atoms with Gasteiger partial charge in [0.1, 0.15) is 55.3 Å². The van der Waals surface area contributed by atoms with Gasteiger partial charge in [0.2, 0.25) is 0 Å². The fraction of sp³-hybridized carbons (Fsp3) is 0.397. The van der Waals surface area contributed by atoms with Gasteiger partial charge < -0.3 is 57.4 Å². The average Bonchev–Trinajstić information content (AvgIpc) is 1.29. The number of benzene rings is 4. The monoisotopic (exact) mass is 1500 g/mol. The van der Waals surface area contributed by atoms with Crippen LogP contribution in [-0.4, -0.2) is 190 Å². The van der Waals surface area contributed by atoms with E-state index in [4.69, 9.17) is 33.3 Å². The molecule has 10 rings (SSSR count). The number of hydrogen-bond donors (Lipinski definition) is 2. The molecule has 4 aromatic heterocycles. The molecule has 0 spiro atoms. The van der Waals surface area contributed by atoms with Crippen molar-refractivity contribution in [2.24, 2.45) is 15.1 Å². The summed E-state index contributed by atoms with van der Waals surface area (Å²) in [5, 5.41) is 12.0. The zero-order valence-corrected chi connectivity index (χ0v) is 62.7. The number of carbonyl (C=O) groups is 2. The molecular weight excluding hydrogens is 1420 g/mol. The minimum Gasteiger partial charge on any atom is -0.405 e. The molecule has 554 valence electrons. The maximum absolute atomic E-state index is 12.7. The van der Waals surface area contributed by atoms with Crippen molar-refractivity contribution in [3.63, 3.8) is 0 Å². The highest BCUT2D eigenvalue weighted by Gasteiger charge is 2.53. The first kappa shape index (κ1) is 79.7. The summed E-state index contributed by atoms with van der Waals surface area (Å²) < 4.78 is 120. The Balaban J connectivity index is 0.000000243. The van der Waals surface area contributed by atoms with E-state index in [2.05, 4.69) is 154 Å². The molecule has 0 bridgehead atoms. The maximum Gasteiger partial charge on any atom is 0.471 e. The van der Waals surface area contributed by atoms with E-state index >= 15 is 0 Å². The number of amides is 2. The molecule has 105 heavy (non-hydrogen) atoms. The minimum absolute atomic E-state index is 0.142. The predicted octanol–water partition coefficient (Wildman–Crippen LogP) is 10.5. The molecule has 23 nitrogen and oxygen atoms in total. The third-order valence-corrected chi connectivity index (χ3v) is 27.6. The van der Waals surface area contributed by atoms with Crippen molar-refractivity contribution in [1.29, 1.82) is 0 Å². The zero-order valence-electron chi connectivity index (χ0n) is 59.9. The van der Waals surface area contributed by atoms with E-state index in [1.807, 2.05) is 97.7 Å². The number of rotatable bonds is 24. The highest BCUT2D eigenvalue weighted by Crippen LogP contribution is 2.43. The van der Waals surface area contributed by atoms with Crippen LogP contribution in [0.25, 0.3) is 32.5 Å². The number of aliphatic imine (C=N–C) groups is 2. The summed E-state index contributed by atoms with van der Waals surface area (Å²) in [4.78, 5) is 55.7. The van der Waals surface area contributed by atoms with Crippen molar-refractivity contribution < 1.29 is 63.7 Å². The van der Waals surface area contributed by atoms with Gasteiger partial charge in [-0.25, -0.2) is 29.9 Å². The van der Waals surface area contributed by atoms with Gasteiger partial charge in [0, 0.05) is 58.3 Å². The maximum atomic E-state index is 12.7. The van der Waals surface area contributed by atoms with Crippen LogP contribution in [0, 0.1) is 23.7 Å². The summed E-state index contributed by atoms with van der Waals surface area (Å²) >= 11 is 1.56. The SMILES string of the molecule is CN(C)C=Nc1ncnc2c1c(C#CCNC(=O)C(F)(F)F)cn2C1CC(OCN=[N+]=[N-])C(CO[Si](c2ccccc2)(c2ccccc2)C(C)(C)C)O1.CSCOC1CC(n2cc(C#CCNC(=O)C(F)(F)F)c3c(N=CN(C)C)ncnc32)OC1CO[Si](c1ccccc1)(c1ccccc1)C(C)(C)C. The summed E-state index contributed by atoms with van der Waals surface area (Å²) in [5.74, 6) is 7.84. The number of aromatic nitrogens is 6. The molecule has 6 unspecified atom stereocenters. The molecule has 2 fully saturated rings. The van der Waals surface area contributed by atoms with Crippen LogP contribution in [0.3, 0.4) is 0 Å². The van der Waals surface area contributed by atoms with Gasteiger partial charge in [0.25, 0.3) is 16.6 Å². The molecule has 2 saturated heterocycles. The summed E-state index contributed by atoms with van der Waals surface area (Å²) in [6.07, 6.45) is -1.25. The van der Waals surface area contributed by atoms with Gasteiger partial charge >= 0.3 is 24.2 Å². The summed E-state index contributed by atoms with van der Waals surface area (Å²) in [7, 11) is 1.34. The number of thioether (sulfide) groups is 1. The quantitative estimate of drug-likeness (QED) is 0.00656. The van der Waals surface area contributed by atoms with Gasteiger partial charge in [0.15, 0.2) is 11.6 Å². The minimum atomic E-state index is -5.03. The number of nitrogens with one attached hydrogen (secondary N) is 2. The van der Waals surface area contributed by atoms with Crippen LogP contribution in [0.1, 0.15) is 78.0 Å². The molecule has 2 N–H and O–H groups in total. The number of halogens is 6. The van der Waals surface area contributed by atoms with Crippen molar-refractivity contribution in [2.45, 2.75) is 114 Å². The second kappa shape index (κ2) is 35.1. The molecule has 2 aliphatic rings. The van der Waals surface area contributed by atoms with Crippen molar-refractivity contribution in [3.8, 4) is 23.7 Å². The number of hydrogen-bond acceptors (Lipinski definition) is 16. The lowest BCUT2D eigenvalue weighted by molar-refractivity contribution is -0.173. The Morgan fingerprint density at radius 3 is 1.30 bits per heavy atom. The Morgan fingerprint density at radius 1 is 0.610 bits per heavy atom. The Morgan fingerprint density at radius 2 is 0.971 bits per heavy atom. The largest absolute Gasteiger partial charge is 0.471 e. The van der Waals surface area contributed by atoms with Crippen LogP contribution in [0.15, 0.2) is 161 Å². The molecule has 0 saturated carbocycles. The lowest BCUT2D eigenvalue weighted by Gasteiger charge is -2.43. The molecule has 2 aliphatic heterocycles. The molecule has 8 aromatic rings. The summed E-state index contributed by atoms with van der Waals surface area (Å²) in [6, 6.07) is 41.1. The van der Waals surface area contributed by atoms with Gasteiger partial charge in [-0.1, -0.05) is 192 Å². The Kier molecular flexibility index (Phi) is 26.6. The zero-order chi connectivity index (χ0) is 75.7. The summed E-state index contributed by atoms with van der Waals surface area (Å²) in [6.45, 7) is 12.3. The molecule has 6 atom stereocenters. The highest BCUT2D eigenvalue weighted by molar-refractivity contribution is 7.98. The van der Waals surface area contributed by atoms with E-state index in [-0.39, 0.29) is 41.9 Å². The van der Waals surface area contributed by atoms with Crippen LogP contribution < -0.4 is 31.4 Å². The molecule has 0 radical (unpaired) electrons. The number of alkyl halides is 6. The van der Waals surface area contributed by atoms with Gasteiger partial charge in [0.05, 0.1) is 79.0 Å². The van der Waals surface area contributed by atoms with Crippen molar-refractivity contribution in [3.05, 3.63) is 168 Å². The lowest BCUT2D eigenvalue weighted by Crippen LogP contribution is -2.67. The van der Waals surface area contributed by atoms with Crippen LogP contribution in [-0.2, 0) is 37.4 Å². The fourth-order valence-electron chi connectivity index (χ4n) is 12.7. The first-order valence-electron chi connectivity index (χ1n) is 33.4. The van der Waals surface area contributed by atoms with E-state index in [9.17, 15) is 35.9 Å². The Hall–Kier alpha value is -9.45. The van der Waals surface area contributed by atoms with Gasteiger partial charge in [-0.2, -0.15) is 26.3 Å². The second-order valence-corrected chi connectivity index (χ2v) is 36.4. The third kappa shape index (κ3) is 19.2. The molecule has 32 heteroatoms. The third-order valence-electron chi connectivity index (χ3n) is 17.2. The van der Waals surface area contributed by atoms with E-state index < -0.39 is 84.7 Å². The Labute approximate surface area is 611 Å². The molecule has 6 heterocycles. The number of ether oxygens (including phenoxy) is 4. The van der Waals surface area contributed by atoms with Gasteiger partial charge in [-0.3, -0.25) is 9.59 Å². The van der Waals surface area contributed by atoms with Gasteiger partial charge in [-0.05, 0) is 42.6 Å². The lowest BCUT2D eigenvalue weighted by atomic mass is 10.2. The predicted molar refractivity (Wildman–Crippen MR) is 397 cm³/mol. The smallest absolute Gasteiger partial charge is 0.405 e. The normalized spacial score (nSPS) is 17.9. The number of fused-ring (bicyclic) bond motifs is 2. The fourth-order valence-corrected chi connectivity index (χ4v) is 22.1. The Bertz CT molecular complexity index is 4420. The number of nitrogens with zero attached hydrogens (tertiary/aromatic N) is 13. The van der Waals surface area contributed by atoms with Crippen molar-refractivity contribution in [2.75, 3.05) is 73.4 Å². The van der Waals surface area contributed by atoms with Gasteiger partial charge in [-0.15, -0.1) is 11.8 Å². The van der Waals surface area contributed by atoms with Crippen LogP contribution in [0.4, 0.5) is 38.0 Å². The highest BCUT2D eigenvalue weighted by atomic mass is 32.2. The van der Waals surface area contributed by atoms with E-state index in [0.29, 0.717) is 57.8 Å². The molecular formula is C73H83F6N15O8SSi2. The van der Waals surface area contributed by atoms with E-state index in [1.54, 1.807) is 75.9 Å². The van der Waals surface area contributed by atoms with E-state index in [1.165, 1.54) is 12.7 Å². The molecule has 4 aromatic carbocycles. The molecule has 2 amide bonds. The van der Waals surface area contributed by atoms with Crippen molar-refractivity contribution in [1.82, 2.24) is 49.5 Å².